The fourth-order valence-corrected chi connectivity index (χ4v) is 5.21. The molecular weight excluding hydrogens is 710 g/mol. The molecule has 1 aromatic heterocycles. The van der Waals surface area contributed by atoms with Gasteiger partial charge in [-0.1, -0.05) is 17.8 Å². The number of aromatic nitrogens is 3. The number of aliphatic imine (C=N–C) groups is 1. The summed E-state index contributed by atoms with van der Waals surface area (Å²) in [7, 11) is -8.26. The van der Waals surface area contributed by atoms with Gasteiger partial charge in [0.1, 0.15) is 22.0 Å². The Morgan fingerprint density at radius 1 is 0.978 bits per heavy atom. The van der Waals surface area contributed by atoms with E-state index in [0.29, 0.717) is 10.8 Å². The number of hydrogen-bond donors (Lipinski definition) is 3. The second-order valence-electron chi connectivity index (χ2n) is 7.98. The summed E-state index contributed by atoms with van der Waals surface area (Å²) in [5.41, 5.74) is 0.721. The van der Waals surface area contributed by atoms with Crippen molar-refractivity contribution < 1.29 is 43.9 Å². The molecule has 0 saturated heterocycles. The van der Waals surface area contributed by atoms with Gasteiger partial charge in [0.15, 0.2) is 28.8 Å². The van der Waals surface area contributed by atoms with Crippen LogP contribution in [0.15, 0.2) is 73.8 Å². The van der Waals surface area contributed by atoms with Gasteiger partial charge in [0.25, 0.3) is 10.1 Å². The van der Waals surface area contributed by atoms with Crippen LogP contribution in [0.5, 0.6) is 5.75 Å². The number of halogens is 1. The van der Waals surface area contributed by atoms with Gasteiger partial charge in [0.2, 0.25) is 11.2 Å². The lowest BCUT2D eigenvalue weighted by Crippen LogP contribution is -2.06. The molecular formula is C24H18ClN7O10S4. The smallest absolute Gasteiger partial charge is 0.446 e. The number of nitrogens with one attached hydrogen (secondary N) is 1. The van der Waals surface area contributed by atoms with Crippen LogP contribution in [0.3, 0.4) is 0 Å². The van der Waals surface area contributed by atoms with E-state index < -0.39 is 25.4 Å². The molecule has 4 rings (SSSR count). The van der Waals surface area contributed by atoms with Crippen molar-refractivity contribution >= 4 is 112 Å². The number of thioether (sulfide) groups is 1. The van der Waals surface area contributed by atoms with Gasteiger partial charge >= 0.3 is 10.4 Å². The molecule has 0 bridgehead atoms. The Labute approximate surface area is 273 Å². The highest BCUT2D eigenvalue weighted by Gasteiger charge is 2.21. The Balaban J connectivity index is 0.00000107. The Morgan fingerprint density at radius 2 is 1.70 bits per heavy atom. The van der Waals surface area contributed by atoms with Crippen LogP contribution >= 0.6 is 23.4 Å². The Bertz CT molecular complexity index is 2160. The predicted molar refractivity (Wildman–Crippen MR) is 170 cm³/mol. The van der Waals surface area contributed by atoms with Crippen LogP contribution < -0.4 is 9.50 Å². The van der Waals surface area contributed by atoms with Gasteiger partial charge in [0.05, 0.1) is 17.8 Å². The molecule has 0 atom stereocenters. The summed E-state index contributed by atoms with van der Waals surface area (Å²) >= 11 is 7.21. The maximum Gasteiger partial charge on any atom is 0.446 e. The molecule has 4 aromatic rings. The molecule has 1 heterocycles. The molecule has 3 N–H and O–H groups in total. The van der Waals surface area contributed by atoms with Crippen molar-refractivity contribution in [1.82, 2.24) is 15.0 Å². The minimum Gasteiger partial charge on any atom is -0.486 e. The number of methoxy groups -OCH3 is 1. The summed E-state index contributed by atoms with van der Waals surface area (Å²) in [5.74, 6) is 1.07. The number of nitrogens with zero attached hydrogens (tertiary/aromatic N) is 6. The zero-order valence-corrected chi connectivity index (χ0v) is 27.1. The summed E-state index contributed by atoms with van der Waals surface area (Å²) in [6.45, 7) is 0. The highest BCUT2D eigenvalue weighted by molar-refractivity contribution is 7.98. The number of benzene rings is 3. The van der Waals surface area contributed by atoms with Crippen LogP contribution in [-0.2, 0) is 41.3 Å². The third-order valence-corrected chi connectivity index (χ3v) is 7.26. The van der Waals surface area contributed by atoms with Gasteiger partial charge in [-0.2, -0.15) is 31.8 Å². The van der Waals surface area contributed by atoms with Gasteiger partial charge in [-0.05, 0) is 65.7 Å². The Morgan fingerprint density at radius 3 is 2.30 bits per heavy atom. The monoisotopic (exact) mass is 727 g/mol. The molecule has 0 aliphatic carbocycles. The Hall–Kier alpha value is -4.56. The Kier molecular flexibility index (Phi) is 12.6. The van der Waals surface area contributed by atoms with E-state index in [0.717, 1.165) is 18.5 Å². The SMILES string of the molecule is COC=Nc1cc(Nc2nc(Cl)nc(SC)n2)ccc1N=Nc1ccc2cc(OS(=O)(=O)O)ccc2c1S(=O)(=O)O.O=C=C=S=O. The maximum absolute atomic E-state index is 12.3. The third kappa shape index (κ3) is 10.5. The maximum atomic E-state index is 12.3. The second kappa shape index (κ2) is 16.1. The zero-order chi connectivity index (χ0) is 33.9. The first-order valence-corrected chi connectivity index (χ1v) is 16.9. The molecule has 22 heteroatoms. The standard InChI is InChI=1S/C22H18ClN7O8S3.C2O2S/c1-37-11-24-18-10-13(25-21-26-20(23)27-22(28-21)39-2)4-8-16(18)29-30-17-7-3-12-9-14(38-41(34,35)36)5-6-15(12)19(17)40(31,32)33;3-1-2-5-4/h3-11H,1-2H3,(H,31,32,33)(H,34,35,36)(H,25,26,27,28);. The fraction of sp³-hybridized carbons (Fsp3) is 0.0833. The van der Waals surface area contributed by atoms with Gasteiger partial charge in [-0.25, -0.2) is 14.0 Å². The lowest BCUT2D eigenvalue weighted by atomic mass is 10.1. The van der Waals surface area contributed by atoms with E-state index in [1.807, 2.05) is 0 Å². The minimum absolute atomic E-state index is 0.00195. The topological polar surface area (TPSA) is 249 Å². The molecule has 0 saturated carbocycles. The first-order valence-electron chi connectivity index (χ1n) is 11.7. The average Bonchev–Trinajstić information content (AvgIpc) is 2.98. The van der Waals surface area contributed by atoms with Crippen molar-refractivity contribution in [2.75, 3.05) is 18.7 Å². The quantitative estimate of drug-likeness (QED) is 0.0392. The lowest BCUT2D eigenvalue weighted by Gasteiger charge is -2.09. The first-order chi connectivity index (χ1) is 21.8. The first kappa shape index (κ1) is 35.9. The second-order valence-corrected chi connectivity index (χ2v) is 11.8. The molecule has 17 nitrogen and oxygen atoms in total. The number of carbonyl (C=O) groups excluding carboxylic acids is 1. The van der Waals surface area contributed by atoms with Crippen LogP contribution in [-0.4, -0.2) is 75.8 Å². The van der Waals surface area contributed by atoms with E-state index in [4.69, 9.17) is 29.9 Å². The number of hydrogen-bond acceptors (Lipinski definition) is 16. The summed E-state index contributed by atoms with van der Waals surface area (Å²) in [5, 5.41) is 13.4. The fourth-order valence-electron chi connectivity index (χ4n) is 3.42. The van der Waals surface area contributed by atoms with Gasteiger partial charge in [-0.15, -0.1) is 10.2 Å². The van der Waals surface area contributed by atoms with E-state index in [-0.39, 0.29) is 56.1 Å². The van der Waals surface area contributed by atoms with Crippen molar-refractivity contribution in [3.05, 3.63) is 53.8 Å². The summed E-state index contributed by atoms with van der Waals surface area (Å²) < 4.78 is 83.9. The number of ether oxygens (including phenoxy) is 1. The molecule has 0 unspecified atom stereocenters. The number of rotatable bonds is 10. The normalized spacial score (nSPS) is 11.4. The van der Waals surface area contributed by atoms with Crippen LogP contribution in [0, 0.1) is 0 Å². The highest BCUT2D eigenvalue weighted by Crippen LogP contribution is 2.37. The van der Waals surface area contributed by atoms with Crippen LogP contribution in [0.4, 0.5) is 28.7 Å². The van der Waals surface area contributed by atoms with E-state index in [9.17, 15) is 21.4 Å². The zero-order valence-electron chi connectivity index (χ0n) is 23.1. The molecule has 0 radical (unpaired) electrons. The molecule has 0 spiro atoms. The van der Waals surface area contributed by atoms with Crippen molar-refractivity contribution in [3.8, 4) is 5.75 Å². The summed E-state index contributed by atoms with van der Waals surface area (Å²) in [6.07, 6.45) is 2.93. The van der Waals surface area contributed by atoms with Crippen LogP contribution in [0.1, 0.15) is 0 Å². The van der Waals surface area contributed by atoms with Gasteiger partial charge in [0, 0.05) is 11.1 Å². The van der Waals surface area contributed by atoms with E-state index in [2.05, 4.69) is 39.7 Å². The van der Waals surface area contributed by atoms with Crippen molar-refractivity contribution in [1.29, 1.82) is 0 Å². The van der Waals surface area contributed by atoms with Gasteiger partial charge in [-0.3, -0.25) is 9.11 Å². The molecule has 0 aliphatic rings. The average molecular weight is 728 g/mol. The largest absolute Gasteiger partial charge is 0.486 e. The molecule has 3 aromatic carbocycles. The molecule has 0 amide bonds. The number of fused-ring (bicyclic) bond motifs is 1. The summed E-state index contributed by atoms with van der Waals surface area (Å²) in [4.78, 5) is 24.8. The predicted octanol–water partition coefficient (Wildman–Crippen LogP) is 4.28. The lowest BCUT2D eigenvalue weighted by molar-refractivity contribution is 0.387. The van der Waals surface area contributed by atoms with Crippen molar-refractivity contribution in [3.63, 3.8) is 0 Å². The number of anilines is 2. The molecule has 0 fully saturated rings. The third-order valence-electron chi connectivity index (χ3n) is 5.03. The number of azo groups is 1. The van der Waals surface area contributed by atoms with E-state index >= 15 is 0 Å². The van der Waals surface area contributed by atoms with Crippen molar-refractivity contribution in [2.45, 2.75) is 10.1 Å². The van der Waals surface area contributed by atoms with Crippen LogP contribution in [0.25, 0.3) is 10.8 Å². The van der Waals surface area contributed by atoms with Gasteiger partial charge < -0.3 is 14.2 Å². The van der Waals surface area contributed by atoms with Crippen LogP contribution in [0.2, 0.25) is 5.28 Å². The van der Waals surface area contributed by atoms with E-state index in [1.54, 1.807) is 23.4 Å². The minimum atomic E-state index is -4.84. The molecule has 46 heavy (non-hydrogen) atoms. The summed E-state index contributed by atoms with van der Waals surface area (Å²) in [6, 6.07) is 10.8. The highest BCUT2D eigenvalue weighted by atomic mass is 35.5. The van der Waals surface area contributed by atoms with E-state index in [1.165, 1.54) is 49.1 Å². The molecule has 240 valence electrons. The molecule has 0 aliphatic heterocycles. The van der Waals surface area contributed by atoms with Crippen molar-refractivity contribution in [2.24, 2.45) is 15.2 Å².